The van der Waals surface area contributed by atoms with Crippen LogP contribution in [0, 0.1) is 0 Å². The van der Waals surface area contributed by atoms with Crippen molar-refractivity contribution in [1.29, 1.82) is 0 Å². The minimum absolute atomic E-state index is 0.648. The van der Waals surface area contributed by atoms with Gasteiger partial charge in [0.25, 0.3) is 0 Å². The van der Waals surface area contributed by atoms with Crippen LogP contribution in [0.25, 0.3) is 109 Å². The van der Waals surface area contributed by atoms with Crippen molar-refractivity contribution in [3.63, 3.8) is 0 Å². The number of para-hydroxylation sites is 2. The van der Waals surface area contributed by atoms with Crippen LogP contribution >= 0.6 is 11.3 Å². The van der Waals surface area contributed by atoms with Gasteiger partial charge < -0.3 is 9.13 Å². The first-order valence-corrected chi connectivity index (χ1v) is 19.9. The molecule has 0 amide bonds. The van der Waals surface area contributed by atoms with Crippen LogP contribution in [-0.4, -0.2) is 24.1 Å². The Bertz CT molecular complexity index is 3450. The van der Waals surface area contributed by atoms with E-state index in [0.29, 0.717) is 17.5 Å². The summed E-state index contributed by atoms with van der Waals surface area (Å²) in [6.45, 7) is 0. The average Bonchev–Trinajstić information content (AvgIpc) is 3.94. The normalized spacial score (nSPS) is 11.9. The first kappa shape index (κ1) is 31.9. The predicted molar refractivity (Wildman–Crippen MR) is 238 cm³/mol. The Labute approximate surface area is 331 Å². The molecule has 0 atom stereocenters. The summed E-state index contributed by atoms with van der Waals surface area (Å²) in [7, 11) is 0. The molecule has 0 fully saturated rings. The van der Waals surface area contributed by atoms with Crippen LogP contribution in [0.4, 0.5) is 0 Å². The summed E-state index contributed by atoms with van der Waals surface area (Å²) in [5.41, 5.74) is 9.86. The Hall–Kier alpha value is -7.41. The average molecular weight is 746 g/mol. The van der Waals surface area contributed by atoms with Crippen molar-refractivity contribution in [1.82, 2.24) is 24.1 Å². The van der Waals surface area contributed by atoms with Crippen molar-refractivity contribution < 1.29 is 0 Å². The Morgan fingerprint density at radius 3 is 1.68 bits per heavy atom. The highest BCUT2D eigenvalue weighted by molar-refractivity contribution is 7.26. The number of hydrogen-bond acceptors (Lipinski definition) is 4. The summed E-state index contributed by atoms with van der Waals surface area (Å²) >= 11 is 1.83. The van der Waals surface area contributed by atoms with E-state index in [2.05, 4.69) is 161 Å². The second kappa shape index (κ2) is 12.6. The fourth-order valence-electron chi connectivity index (χ4n) is 8.62. The maximum Gasteiger partial charge on any atom is 0.164 e. The molecule has 0 bridgehead atoms. The molecular formula is C51H31N5S. The zero-order valence-corrected chi connectivity index (χ0v) is 31.4. The van der Waals surface area contributed by atoms with Crippen LogP contribution in [0.15, 0.2) is 188 Å². The van der Waals surface area contributed by atoms with Crippen molar-refractivity contribution in [2.45, 2.75) is 0 Å². The zero-order chi connectivity index (χ0) is 37.5. The third-order valence-corrected chi connectivity index (χ3v) is 12.3. The third kappa shape index (κ3) is 4.91. The highest BCUT2D eigenvalue weighted by atomic mass is 32.1. The molecule has 12 aromatic rings. The predicted octanol–water partition coefficient (Wildman–Crippen LogP) is 13.4. The fraction of sp³-hybridized carbons (Fsp3) is 0. The molecule has 0 aliphatic carbocycles. The minimum Gasteiger partial charge on any atom is -0.307 e. The highest BCUT2D eigenvalue weighted by Crippen LogP contribution is 2.47. The van der Waals surface area contributed by atoms with E-state index >= 15 is 0 Å². The molecule has 4 aromatic heterocycles. The summed E-state index contributed by atoms with van der Waals surface area (Å²) < 4.78 is 7.35. The summed E-state index contributed by atoms with van der Waals surface area (Å²) in [5, 5.41) is 7.15. The Kier molecular flexibility index (Phi) is 7.03. The molecule has 6 heteroatoms. The summed E-state index contributed by atoms with van der Waals surface area (Å²) in [6, 6.07) is 66.6. The number of rotatable bonds is 5. The van der Waals surface area contributed by atoms with Crippen molar-refractivity contribution >= 4 is 75.1 Å². The van der Waals surface area contributed by atoms with Gasteiger partial charge in [0.2, 0.25) is 0 Å². The molecule has 0 saturated heterocycles. The number of fused-ring (bicyclic) bond motifs is 9. The lowest BCUT2D eigenvalue weighted by Crippen LogP contribution is -2.01. The molecule has 5 nitrogen and oxygen atoms in total. The van der Waals surface area contributed by atoms with E-state index in [4.69, 9.17) is 15.0 Å². The highest BCUT2D eigenvalue weighted by Gasteiger charge is 2.26. The Morgan fingerprint density at radius 1 is 0.404 bits per heavy atom. The maximum atomic E-state index is 5.21. The molecule has 8 aromatic carbocycles. The van der Waals surface area contributed by atoms with Gasteiger partial charge in [-0.2, -0.15) is 0 Å². The summed E-state index contributed by atoms with van der Waals surface area (Å²) in [5.74, 6) is 1.95. The molecule has 4 heterocycles. The fourth-order valence-corrected chi connectivity index (χ4v) is 9.85. The van der Waals surface area contributed by atoms with Gasteiger partial charge in [-0.25, -0.2) is 15.0 Å². The van der Waals surface area contributed by atoms with Crippen LogP contribution in [0.5, 0.6) is 0 Å². The van der Waals surface area contributed by atoms with Crippen molar-refractivity contribution in [3.05, 3.63) is 188 Å². The SMILES string of the molecule is c1ccc(-c2nc(-c3ccccc3)nc(-c3ccc(-n4c5cc6ccccc6cc5c5c4c4ccccc4n5-c4ccccc4)c4sc5ccccc5c34)n2)cc1. The second-order valence-electron chi connectivity index (χ2n) is 14.4. The van der Waals surface area contributed by atoms with Crippen LogP contribution < -0.4 is 0 Å². The lowest BCUT2D eigenvalue weighted by molar-refractivity contribution is 1.08. The molecule has 0 aliphatic rings. The van der Waals surface area contributed by atoms with Gasteiger partial charge in [-0.15, -0.1) is 11.3 Å². The van der Waals surface area contributed by atoms with E-state index in [1.807, 2.05) is 47.7 Å². The summed E-state index contributed by atoms with van der Waals surface area (Å²) in [4.78, 5) is 15.4. The Morgan fingerprint density at radius 2 is 0.965 bits per heavy atom. The van der Waals surface area contributed by atoms with Crippen molar-refractivity contribution in [2.75, 3.05) is 0 Å². The molecule has 0 spiro atoms. The monoisotopic (exact) mass is 745 g/mol. The molecule has 0 aliphatic heterocycles. The largest absolute Gasteiger partial charge is 0.307 e. The number of hydrogen-bond donors (Lipinski definition) is 0. The zero-order valence-electron chi connectivity index (χ0n) is 30.5. The van der Waals surface area contributed by atoms with Gasteiger partial charge in [0.1, 0.15) is 0 Å². The molecule has 0 saturated carbocycles. The van der Waals surface area contributed by atoms with E-state index in [0.717, 1.165) is 33.5 Å². The first-order valence-electron chi connectivity index (χ1n) is 19.1. The topological polar surface area (TPSA) is 48.5 Å². The van der Waals surface area contributed by atoms with Gasteiger partial charge in [0.15, 0.2) is 17.5 Å². The lowest BCUT2D eigenvalue weighted by atomic mass is 10.0. The van der Waals surface area contributed by atoms with E-state index in [-0.39, 0.29) is 0 Å². The quantitative estimate of drug-likeness (QED) is 0.176. The third-order valence-electron chi connectivity index (χ3n) is 11.1. The first-order chi connectivity index (χ1) is 28.3. The molecule has 0 radical (unpaired) electrons. The van der Waals surface area contributed by atoms with Gasteiger partial charge in [-0.05, 0) is 59.3 Å². The molecule has 266 valence electrons. The van der Waals surface area contributed by atoms with Gasteiger partial charge in [-0.1, -0.05) is 140 Å². The van der Waals surface area contributed by atoms with E-state index in [9.17, 15) is 0 Å². The van der Waals surface area contributed by atoms with Crippen LogP contribution in [0.3, 0.4) is 0 Å². The molecule has 12 rings (SSSR count). The van der Waals surface area contributed by atoms with Crippen LogP contribution in [0.2, 0.25) is 0 Å². The van der Waals surface area contributed by atoms with Crippen LogP contribution in [0.1, 0.15) is 0 Å². The standard InChI is InChI=1S/C51H31N5S/c1-4-16-32(17-5-1)49-52-50(33-18-6-2-7-19-33)54-51(53-49)39-28-29-42(48-45(39)38-25-13-15-27-44(38)57-48)56-43-31-35-21-11-10-20-34(35)30-40(43)47-46(56)37-24-12-14-26-41(37)55(47)36-22-8-3-9-23-36/h1-31H. The molecular weight excluding hydrogens is 715 g/mol. The minimum atomic E-state index is 0.648. The second-order valence-corrected chi connectivity index (χ2v) is 15.5. The maximum absolute atomic E-state index is 5.21. The number of aromatic nitrogens is 5. The van der Waals surface area contributed by atoms with E-state index in [1.54, 1.807) is 0 Å². The van der Waals surface area contributed by atoms with Crippen molar-refractivity contribution in [2.24, 2.45) is 0 Å². The van der Waals surface area contributed by atoms with Crippen molar-refractivity contribution in [3.8, 4) is 45.5 Å². The van der Waals surface area contributed by atoms with Gasteiger partial charge >= 0.3 is 0 Å². The lowest BCUT2D eigenvalue weighted by Gasteiger charge is -2.13. The number of nitrogens with zero attached hydrogens (tertiary/aromatic N) is 5. The van der Waals surface area contributed by atoms with Crippen LogP contribution in [-0.2, 0) is 0 Å². The number of thiophene rings is 1. The van der Waals surface area contributed by atoms with Gasteiger partial charge in [0.05, 0.1) is 32.5 Å². The van der Waals surface area contributed by atoms with E-state index < -0.39 is 0 Å². The molecule has 0 unspecified atom stereocenters. The van der Waals surface area contributed by atoms with E-state index in [1.165, 1.54) is 58.4 Å². The number of benzene rings is 8. The Balaban J connectivity index is 1.22. The molecule has 0 N–H and O–H groups in total. The molecule has 57 heavy (non-hydrogen) atoms. The van der Waals surface area contributed by atoms with Gasteiger partial charge in [0, 0.05) is 48.6 Å². The van der Waals surface area contributed by atoms with Gasteiger partial charge in [-0.3, -0.25) is 0 Å². The smallest absolute Gasteiger partial charge is 0.164 e. The summed E-state index contributed by atoms with van der Waals surface area (Å²) in [6.07, 6.45) is 0.